The monoisotopic (exact) mass is 236 g/mol. The van der Waals surface area contributed by atoms with Gasteiger partial charge in [0.15, 0.2) is 0 Å². The van der Waals surface area contributed by atoms with Gasteiger partial charge in [0.25, 0.3) is 0 Å². The number of piperidine rings is 1. The van der Waals surface area contributed by atoms with Crippen molar-refractivity contribution in [3.05, 3.63) is 11.6 Å². The van der Waals surface area contributed by atoms with Crippen LogP contribution < -0.4 is 5.32 Å². The summed E-state index contributed by atoms with van der Waals surface area (Å²) in [5, 5.41) is 3.73. The number of nitrogens with zero attached hydrogens (tertiary/aromatic N) is 1. The number of hydrogen-bond acceptors (Lipinski definition) is 2. The molecule has 0 bridgehead atoms. The predicted octanol–water partition coefficient (Wildman–Crippen LogP) is 2.81. The molecule has 0 spiro atoms. The maximum Gasteiger partial charge on any atom is 0.00793 e. The van der Waals surface area contributed by atoms with Crippen molar-refractivity contribution >= 4 is 0 Å². The molecule has 0 amide bonds. The Balaban J connectivity index is 1.64. The van der Waals surface area contributed by atoms with Crippen molar-refractivity contribution in [3.8, 4) is 0 Å². The van der Waals surface area contributed by atoms with Crippen molar-refractivity contribution in [1.29, 1.82) is 0 Å². The molecule has 1 fully saturated rings. The Morgan fingerprint density at radius 1 is 1.47 bits per heavy atom. The SMILES string of the molecule is CC(NCCC1=CCCC1)C1CCCN(C)C1. The van der Waals surface area contributed by atoms with E-state index in [1.54, 1.807) is 5.57 Å². The molecule has 17 heavy (non-hydrogen) atoms. The summed E-state index contributed by atoms with van der Waals surface area (Å²) in [5.74, 6) is 0.853. The number of rotatable bonds is 5. The third-order valence-corrected chi connectivity index (χ3v) is 4.42. The van der Waals surface area contributed by atoms with E-state index in [1.807, 2.05) is 0 Å². The fraction of sp³-hybridized carbons (Fsp3) is 0.867. The quantitative estimate of drug-likeness (QED) is 0.738. The van der Waals surface area contributed by atoms with Crippen LogP contribution in [0.2, 0.25) is 0 Å². The Morgan fingerprint density at radius 3 is 3.06 bits per heavy atom. The molecular weight excluding hydrogens is 208 g/mol. The van der Waals surface area contributed by atoms with Gasteiger partial charge in [0.05, 0.1) is 0 Å². The highest BCUT2D eigenvalue weighted by Gasteiger charge is 2.22. The van der Waals surface area contributed by atoms with Crippen LogP contribution in [0.5, 0.6) is 0 Å². The van der Waals surface area contributed by atoms with Crippen molar-refractivity contribution < 1.29 is 0 Å². The molecule has 2 unspecified atom stereocenters. The number of nitrogens with one attached hydrogen (secondary N) is 1. The summed E-state index contributed by atoms with van der Waals surface area (Å²) in [4.78, 5) is 2.48. The molecule has 1 saturated heterocycles. The van der Waals surface area contributed by atoms with Crippen LogP contribution in [0.1, 0.15) is 45.4 Å². The second kappa shape index (κ2) is 6.55. The summed E-state index contributed by atoms with van der Waals surface area (Å²) >= 11 is 0. The minimum Gasteiger partial charge on any atom is -0.314 e. The molecule has 1 aliphatic heterocycles. The smallest absolute Gasteiger partial charge is 0.00793 e. The topological polar surface area (TPSA) is 15.3 Å². The van der Waals surface area contributed by atoms with E-state index >= 15 is 0 Å². The maximum atomic E-state index is 3.73. The van der Waals surface area contributed by atoms with Gasteiger partial charge in [-0.15, -0.1) is 0 Å². The number of hydrogen-bond donors (Lipinski definition) is 1. The van der Waals surface area contributed by atoms with Gasteiger partial charge < -0.3 is 10.2 Å². The van der Waals surface area contributed by atoms with Crippen LogP contribution in [-0.4, -0.2) is 37.6 Å². The van der Waals surface area contributed by atoms with E-state index in [0.29, 0.717) is 6.04 Å². The Morgan fingerprint density at radius 2 is 2.35 bits per heavy atom. The van der Waals surface area contributed by atoms with Gasteiger partial charge in [0.1, 0.15) is 0 Å². The molecule has 2 aliphatic rings. The maximum absolute atomic E-state index is 3.73. The Hall–Kier alpha value is -0.340. The summed E-state index contributed by atoms with van der Waals surface area (Å²) in [6, 6.07) is 0.680. The Kier molecular flexibility index (Phi) is 5.05. The minimum atomic E-state index is 0.680. The van der Waals surface area contributed by atoms with Crippen molar-refractivity contribution in [3.63, 3.8) is 0 Å². The first-order valence-corrected chi connectivity index (χ1v) is 7.35. The first-order valence-electron chi connectivity index (χ1n) is 7.35. The van der Waals surface area contributed by atoms with Gasteiger partial charge >= 0.3 is 0 Å². The minimum absolute atomic E-state index is 0.680. The molecule has 98 valence electrons. The summed E-state index contributed by atoms with van der Waals surface area (Å²) in [7, 11) is 2.25. The highest BCUT2D eigenvalue weighted by Crippen LogP contribution is 2.21. The zero-order valence-corrected chi connectivity index (χ0v) is 11.5. The van der Waals surface area contributed by atoms with Crippen LogP contribution in [-0.2, 0) is 0 Å². The van der Waals surface area contributed by atoms with Gasteiger partial charge in [-0.1, -0.05) is 11.6 Å². The number of likely N-dealkylation sites (tertiary alicyclic amines) is 1. The first kappa shape index (κ1) is 13.1. The summed E-state index contributed by atoms with van der Waals surface area (Å²) in [5.41, 5.74) is 1.69. The molecule has 1 aliphatic carbocycles. The molecule has 0 radical (unpaired) electrons. The van der Waals surface area contributed by atoms with E-state index in [-0.39, 0.29) is 0 Å². The molecule has 0 aromatic heterocycles. The van der Waals surface area contributed by atoms with Gasteiger partial charge in [0, 0.05) is 12.6 Å². The van der Waals surface area contributed by atoms with E-state index in [1.165, 1.54) is 58.2 Å². The zero-order valence-electron chi connectivity index (χ0n) is 11.5. The summed E-state index contributed by atoms with van der Waals surface area (Å²) < 4.78 is 0. The van der Waals surface area contributed by atoms with E-state index in [4.69, 9.17) is 0 Å². The second-order valence-electron chi connectivity index (χ2n) is 5.91. The van der Waals surface area contributed by atoms with E-state index in [9.17, 15) is 0 Å². The lowest BCUT2D eigenvalue weighted by Crippen LogP contribution is -2.43. The second-order valence-corrected chi connectivity index (χ2v) is 5.91. The van der Waals surface area contributed by atoms with Gasteiger partial charge in [-0.2, -0.15) is 0 Å². The molecule has 1 N–H and O–H groups in total. The van der Waals surface area contributed by atoms with Crippen LogP contribution in [0.4, 0.5) is 0 Å². The van der Waals surface area contributed by atoms with Crippen LogP contribution in [0.3, 0.4) is 0 Å². The lowest BCUT2D eigenvalue weighted by molar-refractivity contribution is 0.179. The largest absolute Gasteiger partial charge is 0.314 e. The van der Waals surface area contributed by atoms with Gasteiger partial charge in [-0.3, -0.25) is 0 Å². The fourth-order valence-electron chi connectivity index (χ4n) is 3.21. The standard InChI is InChI=1S/C15H28N2/c1-13(15-8-5-11-17(2)12-15)16-10-9-14-6-3-4-7-14/h6,13,15-16H,3-5,7-12H2,1-2H3. The van der Waals surface area contributed by atoms with Crippen molar-refractivity contribution in [1.82, 2.24) is 10.2 Å². The average Bonchev–Trinajstić information content (AvgIpc) is 2.82. The van der Waals surface area contributed by atoms with E-state index in [2.05, 4.69) is 30.3 Å². The molecule has 2 nitrogen and oxygen atoms in total. The van der Waals surface area contributed by atoms with Crippen molar-refractivity contribution in [2.45, 2.75) is 51.5 Å². The first-order chi connectivity index (χ1) is 8.25. The zero-order chi connectivity index (χ0) is 12.1. The van der Waals surface area contributed by atoms with Crippen LogP contribution >= 0.6 is 0 Å². The van der Waals surface area contributed by atoms with Crippen LogP contribution in [0, 0.1) is 5.92 Å². The normalized spacial score (nSPS) is 28.1. The van der Waals surface area contributed by atoms with Crippen molar-refractivity contribution in [2.75, 3.05) is 26.7 Å². The third-order valence-electron chi connectivity index (χ3n) is 4.42. The highest BCUT2D eigenvalue weighted by atomic mass is 15.1. The molecule has 0 aromatic rings. The van der Waals surface area contributed by atoms with Gasteiger partial charge in [-0.25, -0.2) is 0 Å². The van der Waals surface area contributed by atoms with Crippen molar-refractivity contribution in [2.24, 2.45) is 5.92 Å². The summed E-state index contributed by atoms with van der Waals surface area (Å²) in [6.07, 6.45) is 10.5. The molecule has 1 heterocycles. The highest BCUT2D eigenvalue weighted by molar-refractivity contribution is 5.07. The van der Waals surface area contributed by atoms with Gasteiger partial charge in [-0.05, 0) is 71.5 Å². The van der Waals surface area contributed by atoms with E-state index in [0.717, 1.165) is 5.92 Å². The Bertz CT molecular complexity index is 260. The van der Waals surface area contributed by atoms with Crippen LogP contribution in [0.25, 0.3) is 0 Å². The molecular formula is C15H28N2. The fourth-order valence-corrected chi connectivity index (χ4v) is 3.21. The average molecular weight is 236 g/mol. The summed E-state index contributed by atoms with van der Waals surface area (Å²) in [6.45, 7) is 6.10. The molecule has 2 heteroatoms. The lowest BCUT2D eigenvalue weighted by Gasteiger charge is -2.34. The number of allylic oxidation sites excluding steroid dienone is 1. The molecule has 2 rings (SSSR count). The van der Waals surface area contributed by atoms with Crippen LogP contribution in [0.15, 0.2) is 11.6 Å². The lowest BCUT2D eigenvalue weighted by atomic mass is 9.92. The predicted molar refractivity (Wildman–Crippen MR) is 74.2 cm³/mol. The Labute approximate surface area is 106 Å². The molecule has 2 atom stereocenters. The van der Waals surface area contributed by atoms with E-state index < -0.39 is 0 Å². The third kappa shape index (κ3) is 4.11. The molecule has 0 aromatic carbocycles. The van der Waals surface area contributed by atoms with Gasteiger partial charge in [0.2, 0.25) is 0 Å². The molecule has 0 saturated carbocycles.